The van der Waals surface area contributed by atoms with E-state index in [1.165, 1.54) is 24.6 Å². The molecule has 2 aromatic carbocycles. The summed E-state index contributed by atoms with van der Waals surface area (Å²) < 4.78 is 4.87. The van der Waals surface area contributed by atoms with Gasteiger partial charge in [-0.05, 0) is 24.0 Å². The quantitative estimate of drug-likeness (QED) is 0.264. The highest BCUT2D eigenvalue weighted by Crippen LogP contribution is 2.37. The molecule has 0 bridgehead atoms. The van der Waals surface area contributed by atoms with Gasteiger partial charge in [0.05, 0.1) is 24.0 Å². The standard InChI is InChI=1S/C28H32N6O4/c1-38-28(35)23-12-14-32(15-13-23)26-25(34(36)37)27(30-20-29-26)33-18-16-31(17-19-33)24(21-8-4-2-5-9-21)22-10-6-3-7-11-22/h2-11,20,23-24H,12-19H2,1H3. The van der Waals surface area contributed by atoms with Crippen LogP contribution in [-0.4, -0.2) is 72.1 Å². The molecule has 0 aliphatic carbocycles. The first-order chi connectivity index (χ1) is 18.6. The minimum absolute atomic E-state index is 0.0693. The molecule has 0 radical (unpaired) electrons. The lowest BCUT2D eigenvalue weighted by molar-refractivity contribution is -0.383. The van der Waals surface area contributed by atoms with E-state index in [1.54, 1.807) is 0 Å². The maximum atomic E-state index is 12.3. The lowest BCUT2D eigenvalue weighted by Crippen LogP contribution is -2.48. The Balaban J connectivity index is 1.35. The average Bonchev–Trinajstić information content (AvgIpc) is 2.98. The molecular weight excluding hydrogens is 484 g/mol. The molecule has 2 aliphatic rings. The highest BCUT2D eigenvalue weighted by atomic mass is 16.6. The number of carbonyl (C=O) groups excluding carboxylic acids is 1. The summed E-state index contributed by atoms with van der Waals surface area (Å²) in [6, 6.07) is 21.0. The van der Waals surface area contributed by atoms with E-state index in [0.717, 1.165) is 13.1 Å². The first-order valence-electron chi connectivity index (χ1n) is 13.0. The highest BCUT2D eigenvalue weighted by molar-refractivity contribution is 5.74. The topological polar surface area (TPSA) is 105 Å². The number of esters is 1. The number of benzene rings is 2. The van der Waals surface area contributed by atoms with E-state index in [2.05, 4.69) is 63.4 Å². The second-order valence-corrected chi connectivity index (χ2v) is 9.66. The van der Waals surface area contributed by atoms with Gasteiger partial charge in [-0.25, -0.2) is 9.97 Å². The minimum atomic E-state index is -0.375. The van der Waals surface area contributed by atoms with E-state index in [0.29, 0.717) is 50.7 Å². The Morgan fingerprint density at radius 1 is 0.868 bits per heavy atom. The van der Waals surface area contributed by atoms with Crippen molar-refractivity contribution < 1.29 is 14.5 Å². The maximum absolute atomic E-state index is 12.3. The van der Waals surface area contributed by atoms with Gasteiger partial charge in [0.25, 0.3) is 0 Å². The van der Waals surface area contributed by atoms with Crippen LogP contribution < -0.4 is 9.80 Å². The average molecular weight is 517 g/mol. The lowest BCUT2D eigenvalue weighted by atomic mass is 9.96. The van der Waals surface area contributed by atoms with E-state index in [4.69, 9.17) is 4.74 Å². The Bertz CT molecular complexity index is 1200. The number of rotatable bonds is 7. The number of aromatic nitrogens is 2. The third-order valence-electron chi connectivity index (χ3n) is 7.50. The number of hydrogen-bond acceptors (Lipinski definition) is 9. The van der Waals surface area contributed by atoms with Crippen molar-refractivity contribution in [3.63, 3.8) is 0 Å². The number of ether oxygens (including phenoxy) is 1. The Morgan fingerprint density at radius 2 is 1.37 bits per heavy atom. The fourth-order valence-corrected chi connectivity index (χ4v) is 5.56. The van der Waals surface area contributed by atoms with Crippen LogP contribution in [-0.2, 0) is 9.53 Å². The number of piperazine rings is 1. The van der Waals surface area contributed by atoms with Crippen LogP contribution in [0.5, 0.6) is 0 Å². The van der Waals surface area contributed by atoms with Gasteiger partial charge in [0, 0.05) is 39.3 Å². The van der Waals surface area contributed by atoms with Crippen molar-refractivity contribution in [2.75, 3.05) is 56.2 Å². The second-order valence-electron chi connectivity index (χ2n) is 9.66. The largest absolute Gasteiger partial charge is 0.469 e. The van der Waals surface area contributed by atoms with Crippen molar-refractivity contribution in [3.8, 4) is 0 Å². The molecule has 5 rings (SSSR count). The summed E-state index contributed by atoms with van der Waals surface area (Å²) in [6.45, 7) is 3.68. The van der Waals surface area contributed by atoms with Crippen molar-refractivity contribution in [3.05, 3.63) is 88.2 Å². The van der Waals surface area contributed by atoms with Crippen molar-refractivity contribution in [1.82, 2.24) is 14.9 Å². The van der Waals surface area contributed by atoms with Crippen molar-refractivity contribution in [1.29, 1.82) is 0 Å². The molecule has 0 spiro atoms. The zero-order valence-corrected chi connectivity index (χ0v) is 21.5. The summed E-state index contributed by atoms with van der Waals surface area (Å²) >= 11 is 0. The van der Waals surface area contributed by atoms with E-state index in [9.17, 15) is 14.9 Å². The molecule has 0 saturated carbocycles. The number of anilines is 2. The summed E-state index contributed by atoms with van der Waals surface area (Å²) in [6.07, 6.45) is 2.55. The van der Waals surface area contributed by atoms with Gasteiger partial charge in [-0.2, -0.15) is 0 Å². The van der Waals surface area contributed by atoms with Crippen molar-refractivity contribution in [2.24, 2.45) is 5.92 Å². The number of hydrogen-bond donors (Lipinski definition) is 0. The molecule has 2 saturated heterocycles. The van der Waals surface area contributed by atoms with Crippen molar-refractivity contribution >= 4 is 23.3 Å². The van der Waals surface area contributed by atoms with E-state index in [-0.39, 0.29) is 28.5 Å². The summed E-state index contributed by atoms with van der Waals surface area (Å²) in [4.78, 5) is 38.8. The molecule has 0 amide bonds. The monoisotopic (exact) mass is 516 g/mol. The highest BCUT2D eigenvalue weighted by Gasteiger charge is 2.35. The summed E-state index contributed by atoms with van der Waals surface area (Å²) in [7, 11) is 1.39. The smallest absolute Gasteiger partial charge is 0.353 e. The molecule has 0 N–H and O–H groups in total. The molecule has 3 aromatic rings. The Hall–Kier alpha value is -4.05. The number of nitrogens with zero attached hydrogens (tertiary/aromatic N) is 6. The van der Waals surface area contributed by atoms with Gasteiger partial charge < -0.3 is 14.5 Å². The molecule has 2 fully saturated rings. The maximum Gasteiger partial charge on any atom is 0.353 e. The van der Waals surface area contributed by atoms with Crippen LogP contribution >= 0.6 is 0 Å². The van der Waals surface area contributed by atoms with Gasteiger partial charge in [0.15, 0.2) is 0 Å². The Morgan fingerprint density at radius 3 is 1.84 bits per heavy atom. The molecule has 10 heteroatoms. The molecule has 198 valence electrons. The lowest BCUT2D eigenvalue weighted by Gasteiger charge is -2.40. The fourth-order valence-electron chi connectivity index (χ4n) is 5.56. The van der Waals surface area contributed by atoms with Gasteiger partial charge in [-0.3, -0.25) is 19.8 Å². The minimum Gasteiger partial charge on any atom is -0.469 e. The molecule has 10 nitrogen and oxygen atoms in total. The Labute approximate surface area is 222 Å². The van der Waals surface area contributed by atoms with Crippen LogP contribution in [0.3, 0.4) is 0 Å². The van der Waals surface area contributed by atoms with Crippen LogP contribution in [0.4, 0.5) is 17.3 Å². The predicted molar refractivity (Wildman–Crippen MR) is 144 cm³/mol. The van der Waals surface area contributed by atoms with Gasteiger partial charge >= 0.3 is 11.7 Å². The molecule has 1 aromatic heterocycles. The van der Waals surface area contributed by atoms with Gasteiger partial charge in [0.1, 0.15) is 6.33 Å². The number of piperidine rings is 1. The van der Waals surface area contributed by atoms with Crippen LogP contribution in [0.2, 0.25) is 0 Å². The molecule has 38 heavy (non-hydrogen) atoms. The van der Waals surface area contributed by atoms with Crippen LogP contribution in [0, 0.1) is 16.0 Å². The van der Waals surface area contributed by atoms with Crippen molar-refractivity contribution in [2.45, 2.75) is 18.9 Å². The van der Waals surface area contributed by atoms with E-state index >= 15 is 0 Å². The number of carbonyl (C=O) groups is 1. The van der Waals surface area contributed by atoms with Gasteiger partial charge in [-0.15, -0.1) is 0 Å². The third-order valence-corrected chi connectivity index (χ3v) is 7.50. The van der Waals surface area contributed by atoms with E-state index < -0.39 is 0 Å². The normalized spacial score (nSPS) is 17.0. The Kier molecular flexibility index (Phi) is 7.78. The van der Waals surface area contributed by atoms with Gasteiger partial charge in [0.2, 0.25) is 11.6 Å². The van der Waals surface area contributed by atoms with E-state index in [1.807, 2.05) is 21.9 Å². The number of nitro groups is 1. The molecule has 0 atom stereocenters. The summed E-state index contributed by atoms with van der Waals surface area (Å²) in [5.41, 5.74) is 2.37. The third kappa shape index (κ3) is 5.31. The summed E-state index contributed by atoms with van der Waals surface area (Å²) in [5, 5.41) is 12.3. The van der Waals surface area contributed by atoms with Crippen LogP contribution in [0.25, 0.3) is 0 Å². The second kappa shape index (κ2) is 11.6. The predicted octanol–water partition coefficient (Wildman–Crippen LogP) is 3.69. The SMILES string of the molecule is COC(=O)C1CCN(c2ncnc(N3CCN(C(c4ccccc4)c4ccccc4)CC3)c2[N+](=O)[O-])CC1. The van der Waals surface area contributed by atoms with Gasteiger partial charge in [-0.1, -0.05) is 60.7 Å². The molecule has 2 aliphatic heterocycles. The zero-order valence-electron chi connectivity index (χ0n) is 21.5. The first-order valence-corrected chi connectivity index (χ1v) is 13.0. The molecule has 3 heterocycles. The van der Waals surface area contributed by atoms with Crippen LogP contribution in [0.15, 0.2) is 67.0 Å². The number of methoxy groups -OCH3 is 1. The summed E-state index contributed by atoms with van der Waals surface area (Å²) in [5.74, 6) is 0.250. The molecular formula is C28H32N6O4. The first kappa shape index (κ1) is 25.6. The van der Waals surface area contributed by atoms with Crippen LogP contribution in [0.1, 0.15) is 30.0 Å². The fraction of sp³-hybridized carbons (Fsp3) is 0.393. The molecule has 0 unspecified atom stereocenters. The zero-order chi connectivity index (χ0) is 26.5.